The molecule has 120 valence electrons. The summed E-state index contributed by atoms with van der Waals surface area (Å²) >= 11 is 11.8. The Balaban J connectivity index is 2.75. The van der Waals surface area contributed by atoms with E-state index in [2.05, 4.69) is 5.32 Å². The lowest BCUT2D eigenvalue weighted by Gasteiger charge is -2.24. The van der Waals surface area contributed by atoms with Gasteiger partial charge in [0.25, 0.3) is 0 Å². The normalized spacial score (nSPS) is 13.1. The van der Waals surface area contributed by atoms with Crippen LogP contribution in [0, 0.1) is 5.41 Å². The van der Waals surface area contributed by atoms with Crippen LogP contribution in [0.25, 0.3) is 6.08 Å². The first-order chi connectivity index (χ1) is 10.1. The number of carbonyl (C=O) groups is 2. The van der Waals surface area contributed by atoms with Crippen LogP contribution >= 0.6 is 23.2 Å². The minimum absolute atomic E-state index is 0.129. The van der Waals surface area contributed by atoms with E-state index in [1.807, 2.05) is 20.8 Å². The number of amides is 2. The van der Waals surface area contributed by atoms with Crippen LogP contribution in [0.1, 0.15) is 32.8 Å². The van der Waals surface area contributed by atoms with E-state index in [4.69, 9.17) is 28.9 Å². The first-order valence-corrected chi connectivity index (χ1v) is 7.57. The summed E-state index contributed by atoms with van der Waals surface area (Å²) in [5, 5.41) is 3.57. The maximum absolute atomic E-state index is 11.9. The Kier molecular flexibility index (Phi) is 6.45. The number of primary amides is 1. The summed E-state index contributed by atoms with van der Waals surface area (Å²) in [7, 11) is 0. The molecule has 0 aliphatic heterocycles. The van der Waals surface area contributed by atoms with E-state index < -0.39 is 17.9 Å². The Morgan fingerprint density at radius 3 is 2.45 bits per heavy atom. The van der Waals surface area contributed by atoms with Crippen molar-refractivity contribution in [2.75, 3.05) is 0 Å². The Bertz CT molecular complexity index is 592. The van der Waals surface area contributed by atoms with Crippen molar-refractivity contribution in [1.29, 1.82) is 0 Å². The van der Waals surface area contributed by atoms with Gasteiger partial charge in [-0.05, 0) is 35.6 Å². The van der Waals surface area contributed by atoms with Crippen molar-refractivity contribution in [1.82, 2.24) is 5.32 Å². The van der Waals surface area contributed by atoms with Gasteiger partial charge in [0, 0.05) is 16.1 Å². The fourth-order valence-corrected chi connectivity index (χ4v) is 2.33. The average Bonchev–Trinajstić information content (AvgIpc) is 2.35. The number of hydrogen-bond donors (Lipinski definition) is 2. The standard InChI is InChI=1S/C16H20Cl2N2O2/c1-16(2,3)9-13(15(19)22)20-14(21)7-5-10-4-6-11(17)8-12(10)18/h4-8,13H,9H2,1-3H3,(H2,19,22)(H,20,21)/b7-5+. The molecule has 0 bridgehead atoms. The molecule has 0 heterocycles. The molecule has 0 aliphatic carbocycles. The Morgan fingerprint density at radius 2 is 1.95 bits per heavy atom. The molecule has 3 N–H and O–H groups in total. The van der Waals surface area contributed by atoms with Crippen LogP contribution in [0.3, 0.4) is 0 Å². The van der Waals surface area contributed by atoms with E-state index in [9.17, 15) is 9.59 Å². The fourth-order valence-electron chi connectivity index (χ4n) is 1.86. The van der Waals surface area contributed by atoms with E-state index in [1.54, 1.807) is 24.3 Å². The molecule has 0 aromatic heterocycles. The lowest BCUT2D eigenvalue weighted by molar-refractivity contribution is -0.125. The molecule has 0 aliphatic rings. The molecule has 0 spiro atoms. The highest BCUT2D eigenvalue weighted by molar-refractivity contribution is 6.35. The molecular weight excluding hydrogens is 323 g/mol. The number of nitrogens with two attached hydrogens (primary N) is 1. The van der Waals surface area contributed by atoms with E-state index in [0.717, 1.165) is 0 Å². The Hall–Kier alpha value is -1.52. The van der Waals surface area contributed by atoms with Crippen LogP contribution in [-0.2, 0) is 9.59 Å². The van der Waals surface area contributed by atoms with Gasteiger partial charge in [0.1, 0.15) is 6.04 Å². The monoisotopic (exact) mass is 342 g/mol. The molecule has 1 aromatic carbocycles. The van der Waals surface area contributed by atoms with Gasteiger partial charge in [-0.15, -0.1) is 0 Å². The molecule has 22 heavy (non-hydrogen) atoms. The first kappa shape index (κ1) is 18.5. The van der Waals surface area contributed by atoms with Gasteiger partial charge in [-0.2, -0.15) is 0 Å². The summed E-state index contributed by atoms with van der Waals surface area (Å²) in [6.45, 7) is 5.91. The van der Waals surface area contributed by atoms with E-state index in [-0.39, 0.29) is 5.41 Å². The molecule has 0 saturated heterocycles. The minimum Gasteiger partial charge on any atom is -0.368 e. The van der Waals surface area contributed by atoms with Gasteiger partial charge in [0.2, 0.25) is 11.8 Å². The largest absolute Gasteiger partial charge is 0.368 e. The summed E-state index contributed by atoms with van der Waals surface area (Å²) in [5.41, 5.74) is 5.86. The van der Waals surface area contributed by atoms with Crippen molar-refractivity contribution >= 4 is 41.1 Å². The predicted molar refractivity (Wildman–Crippen MR) is 90.7 cm³/mol. The predicted octanol–water partition coefficient (Wildman–Crippen LogP) is 3.41. The van der Waals surface area contributed by atoms with Crippen LogP contribution in [-0.4, -0.2) is 17.9 Å². The summed E-state index contributed by atoms with van der Waals surface area (Å²) in [6.07, 6.45) is 3.33. The van der Waals surface area contributed by atoms with Crippen molar-refractivity contribution in [2.24, 2.45) is 11.1 Å². The number of hydrogen-bond acceptors (Lipinski definition) is 2. The van der Waals surface area contributed by atoms with Crippen molar-refractivity contribution in [3.63, 3.8) is 0 Å². The highest BCUT2D eigenvalue weighted by atomic mass is 35.5. The lowest BCUT2D eigenvalue weighted by atomic mass is 9.88. The highest BCUT2D eigenvalue weighted by Gasteiger charge is 2.23. The zero-order chi connectivity index (χ0) is 16.9. The smallest absolute Gasteiger partial charge is 0.244 e. The third kappa shape index (κ3) is 6.50. The maximum Gasteiger partial charge on any atom is 0.244 e. The number of rotatable bonds is 5. The van der Waals surface area contributed by atoms with Gasteiger partial charge in [0.05, 0.1) is 0 Å². The summed E-state index contributed by atoms with van der Waals surface area (Å²) < 4.78 is 0. The van der Waals surface area contributed by atoms with E-state index in [0.29, 0.717) is 22.0 Å². The minimum atomic E-state index is -0.710. The SMILES string of the molecule is CC(C)(C)CC(NC(=O)/C=C/c1ccc(Cl)cc1Cl)C(N)=O. The van der Waals surface area contributed by atoms with Crippen LogP contribution in [0.4, 0.5) is 0 Å². The highest BCUT2D eigenvalue weighted by Crippen LogP contribution is 2.22. The molecule has 0 fully saturated rings. The fraction of sp³-hybridized carbons (Fsp3) is 0.375. The van der Waals surface area contributed by atoms with E-state index in [1.165, 1.54) is 6.08 Å². The van der Waals surface area contributed by atoms with Crippen molar-refractivity contribution in [3.05, 3.63) is 39.9 Å². The molecule has 1 aromatic rings. The van der Waals surface area contributed by atoms with Crippen LogP contribution in [0.5, 0.6) is 0 Å². The quantitative estimate of drug-likeness (QED) is 0.804. The third-order valence-corrected chi connectivity index (χ3v) is 3.42. The topological polar surface area (TPSA) is 72.2 Å². The molecule has 4 nitrogen and oxygen atoms in total. The van der Waals surface area contributed by atoms with Gasteiger partial charge in [0.15, 0.2) is 0 Å². The number of halogens is 2. The van der Waals surface area contributed by atoms with Gasteiger partial charge in [-0.3, -0.25) is 9.59 Å². The Morgan fingerprint density at radius 1 is 1.32 bits per heavy atom. The lowest BCUT2D eigenvalue weighted by Crippen LogP contribution is -2.45. The Labute approximate surface area is 140 Å². The number of carbonyl (C=O) groups excluding carboxylic acids is 2. The average molecular weight is 343 g/mol. The number of benzene rings is 1. The van der Waals surface area contributed by atoms with Gasteiger partial charge >= 0.3 is 0 Å². The van der Waals surface area contributed by atoms with Crippen molar-refractivity contribution < 1.29 is 9.59 Å². The van der Waals surface area contributed by atoms with Crippen LogP contribution in [0.15, 0.2) is 24.3 Å². The number of nitrogens with one attached hydrogen (secondary N) is 1. The molecule has 0 saturated carbocycles. The van der Waals surface area contributed by atoms with Crippen LogP contribution < -0.4 is 11.1 Å². The molecular formula is C16H20Cl2N2O2. The molecule has 0 radical (unpaired) electrons. The zero-order valence-corrected chi connectivity index (χ0v) is 14.3. The van der Waals surface area contributed by atoms with Gasteiger partial charge < -0.3 is 11.1 Å². The maximum atomic E-state index is 11.9. The summed E-state index contributed by atoms with van der Waals surface area (Å²) in [6, 6.07) is 4.26. The first-order valence-electron chi connectivity index (χ1n) is 6.81. The summed E-state index contributed by atoms with van der Waals surface area (Å²) in [5.74, 6) is -0.958. The van der Waals surface area contributed by atoms with Crippen molar-refractivity contribution in [3.8, 4) is 0 Å². The van der Waals surface area contributed by atoms with Gasteiger partial charge in [-0.25, -0.2) is 0 Å². The second kappa shape index (κ2) is 7.65. The van der Waals surface area contributed by atoms with E-state index >= 15 is 0 Å². The molecule has 1 rings (SSSR count). The zero-order valence-electron chi connectivity index (χ0n) is 12.8. The van der Waals surface area contributed by atoms with Crippen molar-refractivity contribution in [2.45, 2.75) is 33.2 Å². The van der Waals surface area contributed by atoms with Gasteiger partial charge in [-0.1, -0.05) is 50.0 Å². The molecule has 6 heteroatoms. The van der Waals surface area contributed by atoms with Crippen LogP contribution in [0.2, 0.25) is 10.0 Å². The second-order valence-electron chi connectivity index (χ2n) is 6.23. The molecule has 2 amide bonds. The molecule has 1 atom stereocenters. The summed E-state index contributed by atoms with van der Waals surface area (Å²) in [4.78, 5) is 23.3. The molecule has 1 unspecified atom stereocenters. The second-order valence-corrected chi connectivity index (χ2v) is 7.07. The third-order valence-electron chi connectivity index (χ3n) is 2.85.